The predicted molar refractivity (Wildman–Crippen MR) is 130 cm³/mol. The third-order valence-corrected chi connectivity index (χ3v) is 5.10. The van der Waals surface area contributed by atoms with Gasteiger partial charge in [-0.1, -0.05) is 54.1 Å². The molecule has 0 spiro atoms. The lowest BCUT2D eigenvalue weighted by molar-refractivity contribution is 0.259. The van der Waals surface area contributed by atoms with Crippen LogP contribution in [0.3, 0.4) is 0 Å². The Kier molecular flexibility index (Phi) is 6.80. The number of amides is 2. The molecule has 0 saturated heterocycles. The summed E-state index contributed by atoms with van der Waals surface area (Å²) >= 11 is 6.04. The van der Waals surface area contributed by atoms with Crippen LogP contribution >= 0.6 is 11.6 Å². The average molecular weight is 462 g/mol. The lowest BCUT2D eigenvalue weighted by Gasteiger charge is -2.23. The summed E-state index contributed by atoms with van der Waals surface area (Å²) in [5.41, 5.74) is 1.88. The van der Waals surface area contributed by atoms with Gasteiger partial charge in [-0.15, -0.1) is 0 Å². The molecule has 8 heteroatoms. The molecule has 0 aliphatic rings. The van der Waals surface area contributed by atoms with Crippen LogP contribution in [-0.4, -0.2) is 16.0 Å². The van der Waals surface area contributed by atoms with E-state index in [1.54, 1.807) is 42.6 Å². The second-order valence-electron chi connectivity index (χ2n) is 7.27. The standard InChI is InChI=1S/C25H21ClFN5O/c1-17(18-7-3-2-4-8-18)29-24-28-14-13-23(31-24)32(22-12-6-10-20(27)16-22)25(33)30-21-11-5-9-19(26)15-21/h2-17H,1H3,(H,30,33)(H,28,29,31)/t17-/m0/s1. The van der Waals surface area contributed by atoms with Crippen LogP contribution in [0.15, 0.2) is 91.1 Å². The summed E-state index contributed by atoms with van der Waals surface area (Å²) in [6, 6.07) is 23.3. The van der Waals surface area contributed by atoms with Crippen molar-refractivity contribution < 1.29 is 9.18 Å². The maximum atomic E-state index is 14.0. The molecule has 4 aromatic rings. The van der Waals surface area contributed by atoms with Crippen molar-refractivity contribution in [1.82, 2.24) is 9.97 Å². The lowest BCUT2D eigenvalue weighted by Crippen LogP contribution is -2.31. The van der Waals surface area contributed by atoms with Gasteiger partial charge in [-0.2, -0.15) is 4.98 Å². The highest BCUT2D eigenvalue weighted by molar-refractivity contribution is 6.31. The molecule has 0 radical (unpaired) electrons. The third-order valence-electron chi connectivity index (χ3n) is 4.86. The minimum atomic E-state index is -0.524. The number of urea groups is 1. The van der Waals surface area contributed by atoms with Crippen molar-refractivity contribution in [2.24, 2.45) is 0 Å². The van der Waals surface area contributed by atoms with Crippen molar-refractivity contribution in [1.29, 1.82) is 0 Å². The molecule has 6 nitrogen and oxygen atoms in total. The van der Waals surface area contributed by atoms with Crippen molar-refractivity contribution in [3.05, 3.63) is 108 Å². The summed E-state index contributed by atoms with van der Waals surface area (Å²) in [5.74, 6) is 0.136. The fourth-order valence-corrected chi connectivity index (χ4v) is 3.47. The van der Waals surface area contributed by atoms with Crippen molar-refractivity contribution >= 4 is 40.8 Å². The Morgan fingerprint density at radius 2 is 1.79 bits per heavy atom. The SMILES string of the molecule is C[C@H](Nc1nccc(N(C(=O)Nc2cccc(Cl)c2)c2cccc(F)c2)n1)c1ccccc1. The summed E-state index contributed by atoms with van der Waals surface area (Å²) in [6.07, 6.45) is 1.54. The number of hydrogen-bond donors (Lipinski definition) is 2. The highest BCUT2D eigenvalue weighted by Crippen LogP contribution is 2.27. The second-order valence-corrected chi connectivity index (χ2v) is 7.71. The zero-order valence-corrected chi connectivity index (χ0v) is 18.5. The molecule has 4 rings (SSSR count). The van der Waals surface area contributed by atoms with Crippen LogP contribution in [0.1, 0.15) is 18.5 Å². The highest BCUT2D eigenvalue weighted by Gasteiger charge is 2.21. The van der Waals surface area contributed by atoms with Gasteiger partial charge in [0.25, 0.3) is 0 Å². The molecule has 3 aromatic carbocycles. The monoisotopic (exact) mass is 461 g/mol. The molecular weight excluding hydrogens is 441 g/mol. The first-order valence-electron chi connectivity index (χ1n) is 10.3. The van der Waals surface area contributed by atoms with E-state index < -0.39 is 11.8 Å². The third kappa shape index (κ3) is 5.64. The van der Waals surface area contributed by atoms with Crippen LogP contribution in [0.4, 0.5) is 32.3 Å². The molecular formula is C25H21ClFN5O. The number of carbonyl (C=O) groups excluding carboxylic acids is 1. The maximum absolute atomic E-state index is 14.0. The number of nitrogens with one attached hydrogen (secondary N) is 2. The van der Waals surface area contributed by atoms with Gasteiger partial charge >= 0.3 is 6.03 Å². The molecule has 0 aliphatic heterocycles. The zero-order valence-electron chi connectivity index (χ0n) is 17.7. The van der Waals surface area contributed by atoms with Crippen molar-refractivity contribution in [3.8, 4) is 0 Å². The zero-order chi connectivity index (χ0) is 23.2. The largest absolute Gasteiger partial charge is 0.348 e. The molecule has 0 fully saturated rings. The van der Waals surface area contributed by atoms with E-state index >= 15 is 0 Å². The smallest absolute Gasteiger partial charge is 0.332 e. The first-order valence-corrected chi connectivity index (χ1v) is 10.6. The number of anilines is 4. The van der Waals surface area contributed by atoms with E-state index in [0.29, 0.717) is 22.3 Å². The molecule has 2 amide bonds. The Morgan fingerprint density at radius 1 is 1.00 bits per heavy atom. The Hall–Kier alpha value is -3.97. The number of hydrogen-bond acceptors (Lipinski definition) is 4. The van der Waals surface area contributed by atoms with E-state index in [1.807, 2.05) is 37.3 Å². The fourth-order valence-electron chi connectivity index (χ4n) is 3.28. The van der Waals surface area contributed by atoms with Crippen LogP contribution in [0.5, 0.6) is 0 Å². The maximum Gasteiger partial charge on any atom is 0.332 e. The number of rotatable bonds is 6. The van der Waals surface area contributed by atoms with Gasteiger partial charge in [-0.3, -0.25) is 0 Å². The molecule has 33 heavy (non-hydrogen) atoms. The summed E-state index contributed by atoms with van der Waals surface area (Å²) in [7, 11) is 0. The molecule has 0 saturated carbocycles. The Balaban J connectivity index is 1.65. The summed E-state index contributed by atoms with van der Waals surface area (Å²) in [5, 5.41) is 6.51. The van der Waals surface area contributed by atoms with Crippen LogP contribution in [0.25, 0.3) is 0 Å². The minimum Gasteiger partial charge on any atom is -0.348 e. The van der Waals surface area contributed by atoms with Gasteiger partial charge in [-0.25, -0.2) is 19.1 Å². The van der Waals surface area contributed by atoms with Gasteiger partial charge in [0.2, 0.25) is 5.95 Å². The Bertz CT molecular complexity index is 1250. The molecule has 1 aromatic heterocycles. The van der Waals surface area contributed by atoms with Crippen LogP contribution in [0.2, 0.25) is 5.02 Å². The minimum absolute atomic E-state index is 0.0654. The predicted octanol–water partition coefficient (Wildman–Crippen LogP) is 6.81. The van der Waals surface area contributed by atoms with Crippen molar-refractivity contribution in [3.63, 3.8) is 0 Å². The summed E-state index contributed by atoms with van der Waals surface area (Å²) in [6.45, 7) is 1.99. The molecule has 1 atom stereocenters. The Morgan fingerprint density at radius 3 is 2.55 bits per heavy atom. The summed E-state index contributed by atoms with van der Waals surface area (Å²) in [4.78, 5) is 23.3. The fraction of sp³-hybridized carbons (Fsp3) is 0.0800. The van der Waals surface area contributed by atoms with E-state index in [-0.39, 0.29) is 11.9 Å². The quantitative estimate of drug-likeness (QED) is 0.331. The number of aromatic nitrogens is 2. The molecule has 0 unspecified atom stereocenters. The second kappa shape index (κ2) is 10.1. The van der Waals surface area contributed by atoms with Crippen LogP contribution < -0.4 is 15.5 Å². The first kappa shape index (κ1) is 22.2. The van der Waals surface area contributed by atoms with Crippen LogP contribution in [-0.2, 0) is 0 Å². The first-order chi connectivity index (χ1) is 16.0. The number of benzene rings is 3. The highest BCUT2D eigenvalue weighted by atomic mass is 35.5. The Labute approximate surface area is 196 Å². The van der Waals surface area contributed by atoms with E-state index in [1.165, 1.54) is 23.1 Å². The van der Waals surface area contributed by atoms with Gasteiger partial charge < -0.3 is 10.6 Å². The molecule has 166 valence electrons. The average Bonchev–Trinajstić information content (AvgIpc) is 2.80. The van der Waals surface area contributed by atoms with Gasteiger partial charge in [0.1, 0.15) is 11.6 Å². The van der Waals surface area contributed by atoms with Gasteiger partial charge in [-0.05, 0) is 48.9 Å². The van der Waals surface area contributed by atoms with E-state index in [4.69, 9.17) is 11.6 Å². The molecule has 1 heterocycles. The summed E-state index contributed by atoms with van der Waals surface area (Å²) < 4.78 is 14.0. The molecule has 0 aliphatic carbocycles. The topological polar surface area (TPSA) is 70.2 Å². The number of carbonyl (C=O) groups is 1. The molecule has 2 N–H and O–H groups in total. The van der Waals surface area contributed by atoms with E-state index in [9.17, 15) is 9.18 Å². The van der Waals surface area contributed by atoms with E-state index in [2.05, 4.69) is 20.6 Å². The van der Waals surface area contributed by atoms with Crippen molar-refractivity contribution in [2.75, 3.05) is 15.5 Å². The van der Waals surface area contributed by atoms with Crippen LogP contribution in [0, 0.1) is 5.82 Å². The van der Waals surface area contributed by atoms with Gasteiger partial charge in [0.15, 0.2) is 0 Å². The normalized spacial score (nSPS) is 11.5. The number of nitrogens with zero attached hydrogens (tertiary/aromatic N) is 3. The van der Waals surface area contributed by atoms with Gasteiger partial charge in [0.05, 0.1) is 11.7 Å². The molecule has 0 bridgehead atoms. The van der Waals surface area contributed by atoms with E-state index in [0.717, 1.165) is 5.56 Å². The number of halogens is 2. The van der Waals surface area contributed by atoms with Gasteiger partial charge in [0, 0.05) is 23.0 Å². The lowest BCUT2D eigenvalue weighted by atomic mass is 10.1. The van der Waals surface area contributed by atoms with Crippen molar-refractivity contribution in [2.45, 2.75) is 13.0 Å².